The molecule has 1 aliphatic rings. The van der Waals surface area contributed by atoms with E-state index in [4.69, 9.17) is 0 Å². The molecule has 0 radical (unpaired) electrons. The van der Waals surface area contributed by atoms with E-state index in [0.29, 0.717) is 6.04 Å². The van der Waals surface area contributed by atoms with E-state index >= 15 is 0 Å². The minimum absolute atomic E-state index is 0.673. The molecule has 0 aromatic carbocycles. The molecule has 15 heavy (non-hydrogen) atoms. The number of likely N-dealkylation sites (tertiary alicyclic amines) is 1. The molecule has 0 amide bonds. The second-order valence-electron chi connectivity index (χ2n) is 5.40. The van der Waals surface area contributed by atoms with E-state index < -0.39 is 0 Å². The maximum atomic E-state index is 3.64. The van der Waals surface area contributed by atoms with Gasteiger partial charge in [-0.3, -0.25) is 4.90 Å². The van der Waals surface area contributed by atoms with Crippen LogP contribution in [-0.2, 0) is 0 Å². The van der Waals surface area contributed by atoms with Gasteiger partial charge in [-0.05, 0) is 38.6 Å². The van der Waals surface area contributed by atoms with Crippen molar-refractivity contribution in [2.45, 2.75) is 59.0 Å². The summed E-state index contributed by atoms with van der Waals surface area (Å²) in [7, 11) is 0. The SMILES string of the molecule is CCC(C)NC[C@@H]1CCCN1CC(C)C. The highest BCUT2D eigenvalue weighted by atomic mass is 15.2. The quantitative estimate of drug-likeness (QED) is 0.728. The third-order valence-corrected chi connectivity index (χ3v) is 3.41. The van der Waals surface area contributed by atoms with Crippen LogP contribution in [0.1, 0.15) is 47.0 Å². The second kappa shape index (κ2) is 6.49. The second-order valence-corrected chi connectivity index (χ2v) is 5.40. The lowest BCUT2D eigenvalue weighted by molar-refractivity contribution is 0.218. The number of nitrogens with zero attached hydrogens (tertiary/aromatic N) is 1. The lowest BCUT2D eigenvalue weighted by atomic mass is 10.1. The van der Waals surface area contributed by atoms with Crippen molar-refractivity contribution in [3.05, 3.63) is 0 Å². The summed E-state index contributed by atoms with van der Waals surface area (Å²) in [4.78, 5) is 2.67. The summed E-state index contributed by atoms with van der Waals surface area (Å²) in [6.07, 6.45) is 4.01. The van der Waals surface area contributed by atoms with Crippen LogP contribution in [0.3, 0.4) is 0 Å². The van der Waals surface area contributed by atoms with Crippen LogP contribution in [0.4, 0.5) is 0 Å². The topological polar surface area (TPSA) is 15.3 Å². The monoisotopic (exact) mass is 212 g/mol. The van der Waals surface area contributed by atoms with Crippen LogP contribution in [0, 0.1) is 5.92 Å². The van der Waals surface area contributed by atoms with Gasteiger partial charge in [0.2, 0.25) is 0 Å². The predicted molar refractivity (Wildman–Crippen MR) is 67.2 cm³/mol. The van der Waals surface area contributed by atoms with Crippen molar-refractivity contribution in [2.24, 2.45) is 5.92 Å². The van der Waals surface area contributed by atoms with Crippen LogP contribution in [-0.4, -0.2) is 36.6 Å². The highest BCUT2D eigenvalue weighted by Crippen LogP contribution is 2.18. The van der Waals surface area contributed by atoms with Gasteiger partial charge in [-0.2, -0.15) is 0 Å². The van der Waals surface area contributed by atoms with E-state index in [1.54, 1.807) is 0 Å². The van der Waals surface area contributed by atoms with Gasteiger partial charge in [0, 0.05) is 25.2 Å². The molecule has 1 saturated heterocycles. The Bertz CT molecular complexity index is 168. The molecule has 2 atom stereocenters. The highest BCUT2D eigenvalue weighted by Gasteiger charge is 2.24. The van der Waals surface area contributed by atoms with Crippen molar-refractivity contribution in [2.75, 3.05) is 19.6 Å². The fourth-order valence-electron chi connectivity index (χ4n) is 2.32. The van der Waals surface area contributed by atoms with E-state index in [9.17, 15) is 0 Å². The van der Waals surface area contributed by atoms with Gasteiger partial charge in [-0.15, -0.1) is 0 Å². The van der Waals surface area contributed by atoms with Gasteiger partial charge in [0.15, 0.2) is 0 Å². The number of hydrogen-bond acceptors (Lipinski definition) is 2. The Balaban J connectivity index is 2.26. The van der Waals surface area contributed by atoms with Gasteiger partial charge in [0.1, 0.15) is 0 Å². The Morgan fingerprint density at radius 3 is 2.67 bits per heavy atom. The van der Waals surface area contributed by atoms with Crippen LogP contribution in [0.2, 0.25) is 0 Å². The zero-order valence-corrected chi connectivity index (χ0v) is 10.9. The molecule has 1 rings (SSSR count). The smallest absolute Gasteiger partial charge is 0.0221 e. The molecular formula is C13H28N2. The lowest BCUT2D eigenvalue weighted by Gasteiger charge is -2.27. The maximum absolute atomic E-state index is 3.64. The van der Waals surface area contributed by atoms with Crippen LogP contribution in [0.25, 0.3) is 0 Å². The Kier molecular flexibility index (Phi) is 5.62. The van der Waals surface area contributed by atoms with Gasteiger partial charge in [-0.25, -0.2) is 0 Å². The minimum atomic E-state index is 0.673. The summed E-state index contributed by atoms with van der Waals surface area (Å²) in [6, 6.07) is 1.47. The summed E-state index contributed by atoms with van der Waals surface area (Å²) in [6.45, 7) is 12.9. The van der Waals surface area contributed by atoms with Gasteiger partial charge >= 0.3 is 0 Å². The van der Waals surface area contributed by atoms with Crippen molar-refractivity contribution in [1.29, 1.82) is 0 Å². The van der Waals surface area contributed by atoms with Gasteiger partial charge in [0.05, 0.1) is 0 Å². The first kappa shape index (κ1) is 13.0. The predicted octanol–water partition coefficient (Wildman–Crippen LogP) is 2.49. The fraction of sp³-hybridized carbons (Fsp3) is 1.00. The average Bonchev–Trinajstić information content (AvgIpc) is 2.61. The zero-order valence-electron chi connectivity index (χ0n) is 10.9. The van der Waals surface area contributed by atoms with Gasteiger partial charge in [-0.1, -0.05) is 20.8 Å². The third kappa shape index (κ3) is 4.52. The van der Waals surface area contributed by atoms with E-state index in [0.717, 1.165) is 12.0 Å². The molecule has 1 unspecified atom stereocenters. The summed E-state index contributed by atoms with van der Waals surface area (Å²) >= 11 is 0. The van der Waals surface area contributed by atoms with Crippen molar-refractivity contribution in [1.82, 2.24) is 10.2 Å². The molecule has 0 spiro atoms. The number of nitrogens with one attached hydrogen (secondary N) is 1. The summed E-state index contributed by atoms with van der Waals surface area (Å²) in [5, 5.41) is 3.64. The minimum Gasteiger partial charge on any atom is -0.313 e. The van der Waals surface area contributed by atoms with Crippen molar-refractivity contribution >= 4 is 0 Å². The Morgan fingerprint density at radius 2 is 2.07 bits per heavy atom. The van der Waals surface area contributed by atoms with Crippen LogP contribution in [0.15, 0.2) is 0 Å². The average molecular weight is 212 g/mol. The van der Waals surface area contributed by atoms with Crippen LogP contribution in [0.5, 0.6) is 0 Å². The third-order valence-electron chi connectivity index (χ3n) is 3.41. The molecule has 0 aliphatic carbocycles. The van der Waals surface area contributed by atoms with Crippen molar-refractivity contribution in [3.63, 3.8) is 0 Å². The zero-order chi connectivity index (χ0) is 11.3. The largest absolute Gasteiger partial charge is 0.313 e. The Labute approximate surface area is 95.4 Å². The normalized spacial score (nSPS) is 25.0. The first-order valence-electron chi connectivity index (χ1n) is 6.61. The van der Waals surface area contributed by atoms with E-state index in [1.165, 1.54) is 38.9 Å². The molecule has 2 nitrogen and oxygen atoms in total. The fourth-order valence-corrected chi connectivity index (χ4v) is 2.32. The van der Waals surface area contributed by atoms with Crippen molar-refractivity contribution < 1.29 is 0 Å². The molecular weight excluding hydrogens is 184 g/mol. The van der Waals surface area contributed by atoms with E-state index in [2.05, 4.69) is 37.9 Å². The molecule has 2 heteroatoms. The molecule has 1 heterocycles. The maximum Gasteiger partial charge on any atom is 0.0221 e. The first-order valence-corrected chi connectivity index (χ1v) is 6.61. The van der Waals surface area contributed by atoms with E-state index in [1.807, 2.05) is 0 Å². The highest BCUT2D eigenvalue weighted by molar-refractivity contribution is 4.82. The van der Waals surface area contributed by atoms with Crippen LogP contribution >= 0.6 is 0 Å². The molecule has 1 aliphatic heterocycles. The molecule has 1 N–H and O–H groups in total. The molecule has 1 fully saturated rings. The molecule has 0 bridgehead atoms. The van der Waals surface area contributed by atoms with Gasteiger partial charge < -0.3 is 5.32 Å². The number of rotatable bonds is 6. The van der Waals surface area contributed by atoms with Crippen LogP contribution < -0.4 is 5.32 Å². The Morgan fingerprint density at radius 1 is 1.33 bits per heavy atom. The lowest BCUT2D eigenvalue weighted by Crippen LogP contribution is -2.42. The molecule has 0 aromatic heterocycles. The molecule has 90 valence electrons. The van der Waals surface area contributed by atoms with Gasteiger partial charge in [0.25, 0.3) is 0 Å². The molecule has 0 saturated carbocycles. The summed E-state index contributed by atoms with van der Waals surface area (Å²) in [5.41, 5.74) is 0. The number of hydrogen-bond donors (Lipinski definition) is 1. The first-order chi connectivity index (χ1) is 7.13. The Hall–Kier alpha value is -0.0800. The van der Waals surface area contributed by atoms with Crippen molar-refractivity contribution in [3.8, 4) is 0 Å². The summed E-state index contributed by atoms with van der Waals surface area (Å²) < 4.78 is 0. The standard InChI is InChI=1S/C13H28N2/c1-5-12(4)14-9-13-7-6-8-15(13)10-11(2)3/h11-14H,5-10H2,1-4H3/t12?,13-/m0/s1. The molecule has 0 aromatic rings. The summed E-state index contributed by atoms with van der Waals surface area (Å²) in [5.74, 6) is 0.800. The van der Waals surface area contributed by atoms with E-state index in [-0.39, 0.29) is 0 Å².